The van der Waals surface area contributed by atoms with Crippen LogP contribution < -0.4 is 14.8 Å². The Kier molecular flexibility index (Phi) is 4.55. The summed E-state index contributed by atoms with van der Waals surface area (Å²) >= 11 is 1.83. The van der Waals surface area contributed by atoms with E-state index in [-0.39, 0.29) is 6.04 Å². The van der Waals surface area contributed by atoms with Gasteiger partial charge in [-0.1, -0.05) is 0 Å². The molecule has 0 fully saturated rings. The van der Waals surface area contributed by atoms with Gasteiger partial charge in [-0.25, -0.2) is 0 Å². The highest BCUT2D eigenvalue weighted by atomic mass is 32.1. The molecule has 1 aromatic carbocycles. The molecule has 4 heteroatoms. The molecule has 0 aliphatic rings. The van der Waals surface area contributed by atoms with E-state index in [2.05, 4.69) is 32.2 Å². The van der Waals surface area contributed by atoms with Crippen LogP contribution in [0.1, 0.15) is 28.3 Å². The Morgan fingerprint density at radius 3 is 2.40 bits per heavy atom. The summed E-state index contributed by atoms with van der Waals surface area (Å²) in [5.41, 5.74) is 2.31. The minimum atomic E-state index is 0.238. The molecule has 0 saturated heterocycles. The van der Waals surface area contributed by atoms with Crippen LogP contribution in [0, 0.1) is 13.8 Å². The number of rotatable bonds is 5. The van der Waals surface area contributed by atoms with Gasteiger partial charge in [0.15, 0.2) is 0 Å². The molecule has 0 aliphatic carbocycles. The van der Waals surface area contributed by atoms with Gasteiger partial charge < -0.3 is 14.8 Å². The monoisotopic (exact) mass is 291 g/mol. The Labute approximate surface area is 124 Å². The number of hydrogen-bond acceptors (Lipinski definition) is 4. The fraction of sp³-hybridized carbons (Fsp3) is 0.375. The van der Waals surface area contributed by atoms with Gasteiger partial charge in [0.25, 0.3) is 0 Å². The first-order chi connectivity index (χ1) is 9.55. The maximum atomic E-state index is 5.42. The van der Waals surface area contributed by atoms with Crippen molar-refractivity contribution >= 4 is 17.0 Å². The Morgan fingerprint density at radius 1 is 1.10 bits per heavy atom. The maximum Gasteiger partial charge on any atom is 0.145 e. The molecule has 2 aromatic rings. The van der Waals surface area contributed by atoms with Gasteiger partial charge in [-0.15, -0.1) is 11.3 Å². The van der Waals surface area contributed by atoms with Gasteiger partial charge in [-0.05, 0) is 44.5 Å². The topological polar surface area (TPSA) is 30.5 Å². The van der Waals surface area contributed by atoms with Gasteiger partial charge in [-0.3, -0.25) is 0 Å². The SMILES string of the molecule is COc1ccc(NC(C)c2cc(C)sc2C)c(OC)c1. The quantitative estimate of drug-likeness (QED) is 0.876. The van der Waals surface area contributed by atoms with E-state index in [0.717, 1.165) is 17.2 Å². The summed E-state index contributed by atoms with van der Waals surface area (Å²) in [5.74, 6) is 1.59. The van der Waals surface area contributed by atoms with Crippen LogP contribution in [0.25, 0.3) is 0 Å². The third kappa shape index (κ3) is 3.07. The molecule has 1 N–H and O–H groups in total. The van der Waals surface area contributed by atoms with Crippen LogP contribution in [0.3, 0.4) is 0 Å². The number of nitrogens with one attached hydrogen (secondary N) is 1. The molecule has 2 rings (SSSR count). The maximum absolute atomic E-state index is 5.42. The van der Waals surface area contributed by atoms with Crippen molar-refractivity contribution in [3.63, 3.8) is 0 Å². The van der Waals surface area contributed by atoms with E-state index in [1.54, 1.807) is 14.2 Å². The molecule has 0 spiro atoms. The lowest BCUT2D eigenvalue weighted by atomic mass is 10.1. The number of aryl methyl sites for hydroxylation is 2. The molecule has 0 saturated carbocycles. The normalized spacial score (nSPS) is 12.1. The van der Waals surface area contributed by atoms with Gasteiger partial charge in [0.05, 0.1) is 19.9 Å². The molecule has 1 unspecified atom stereocenters. The first kappa shape index (κ1) is 14.7. The highest BCUT2D eigenvalue weighted by molar-refractivity contribution is 7.12. The molecule has 108 valence electrons. The van der Waals surface area contributed by atoms with Crippen molar-refractivity contribution in [3.05, 3.63) is 39.6 Å². The smallest absolute Gasteiger partial charge is 0.145 e. The minimum absolute atomic E-state index is 0.238. The molecular weight excluding hydrogens is 270 g/mol. The molecular formula is C16H21NO2S. The van der Waals surface area contributed by atoms with E-state index in [4.69, 9.17) is 9.47 Å². The summed E-state index contributed by atoms with van der Waals surface area (Å²) in [6, 6.07) is 8.29. The molecule has 0 bridgehead atoms. The lowest BCUT2D eigenvalue weighted by Crippen LogP contribution is -2.08. The van der Waals surface area contributed by atoms with Gasteiger partial charge >= 0.3 is 0 Å². The number of anilines is 1. The number of ether oxygens (including phenoxy) is 2. The Hall–Kier alpha value is -1.68. The van der Waals surface area contributed by atoms with Gasteiger partial charge in [0.2, 0.25) is 0 Å². The second-order valence-electron chi connectivity index (χ2n) is 4.80. The summed E-state index contributed by atoms with van der Waals surface area (Å²) in [5, 5.41) is 3.51. The molecule has 0 amide bonds. The van der Waals surface area contributed by atoms with Crippen LogP contribution in [0.5, 0.6) is 11.5 Å². The average Bonchev–Trinajstić information content (AvgIpc) is 2.78. The minimum Gasteiger partial charge on any atom is -0.497 e. The number of methoxy groups -OCH3 is 2. The van der Waals surface area contributed by atoms with Gasteiger partial charge in [-0.2, -0.15) is 0 Å². The second kappa shape index (κ2) is 6.18. The number of benzene rings is 1. The first-order valence-corrected chi connectivity index (χ1v) is 7.42. The highest BCUT2D eigenvalue weighted by Crippen LogP contribution is 2.34. The second-order valence-corrected chi connectivity index (χ2v) is 6.26. The van der Waals surface area contributed by atoms with Crippen molar-refractivity contribution in [3.8, 4) is 11.5 Å². The first-order valence-electron chi connectivity index (χ1n) is 6.60. The van der Waals surface area contributed by atoms with Crippen LogP contribution in [0.15, 0.2) is 24.3 Å². The lowest BCUT2D eigenvalue weighted by Gasteiger charge is -2.18. The Bertz CT molecular complexity index is 592. The van der Waals surface area contributed by atoms with Crippen LogP contribution >= 0.6 is 11.3 Å². The van der Waals surface area contributed by atoms with E-state index < -0.39 is 0 Å². The number of hydrogen-bond donors (Lipinski definition) is 1. The van der Waals surface area contributed by atoms with Crippen molar-refractivity contribution in [1.82, 2.24) is 0 Å². The molecule has 1 aromatic heterocycles. The van der Waals surface area contributed by atoms with E-state index in [0.29, 0.717) is 0 Å². The van der Waals surface area contributed by atoms with Crippen LogP contribution in [-0.4, -0.2) is 14.2 Å². The van der Waals surface area contributed by atoms with E-state index in [1.807, 2.05) is 29.5 Å². The van der Waals surface area contributed by atoms with E-state index in [9.17, 15) is 0 Å². The summed E-state index contributed by atoms with van der Waals surface area (Å²) < 4.78 is 10.6. The van der Waals surface area contributed by atoms with Gasteiger partial charge in [0, 0.05) is 21.9 Å². The predicted molar refractivity (Wildman–Crippen MR) is 85.4 cm³/mol. The number of thiophene rings is 1. The van der Waals surface area contributed by atoms with Crippen LogP contribution in [0.4, 0.5) is 5.69 Å². The van der Waals surface area contributed by atoms with E-state index >= 15 is 0 Å². The zero-order valence-corrected chi connectivity index (χ0v) is 13.4. The fourth-order valence-electron chi connectivity index (χ4n) is 2.31. The fourth-order valence-corrected chi connectivity index (χ4v) is 3.33. The van der Waals surface area contributed by atoms with Crippen LogP contribution in [-0.2, 0) is 0 Å². The van der Waals surface area contributed by atoms with Crippen molar-refractivity contribution in [2.75, 3.05) is 19.5 Å². The largest absolute Gasteiger partial charge is 0.497 e. The lowest BCUT2D eigenvalue weighted by molar-refractivity contribution is 0.395. The third-order valence-electron chi connectivity index (χ3n) is 3.33. The van der Waals surface area contributed by atoms with Crippen molar-refractivity contribution < 1.29 is 9.47 Å². The molecule has 1 atom stereocenters. The zero-order chi connectivity index (χ0) is 14.7. The summed E-state index contributed by atoms with van der Waals surface area (Å²) in [7, 11) is 3.33. The average molecular weight is 291 g/mol. The van der Waals surface area contributed by atoms with Crippen molar-refractivity contribution in [2.24, 2.45) is 0 Å². The van der Waals surface area contributed by atoms with Gasteiger partial charge in [0.1, 0.15) is 11.5 Å². The third-order valence-corrected chi connectivity index (χ3v) is 4.31. The standard InChI is InChI=1S/C16H21NO2S/c1-10-8-14(12(3)20-10)11(2)17-15-7-6-13(18-4)9-16(15)19-5/h6-9,11,17H,1-5H3. The van der Waals surface area contributed by atoms with Crippen LogP contribution in [0.2, 0.25) is 0 Å². The molecule has 20 heavy (non-hydrogen) atoms. The molecule has 3 nitrogen and oxygen atoms in total. The zero-order valence-electron chi connectivity index (χ0n) is 12.6. The summed E-state index contributed by atoms with van der Waals surface area (Å²) in [4.78, 5) is 2.70. The molecule has 1 heterocycles. The van der Waals surface area contributed by atoms with Crippen molar-refractivity contribution in [2.45, 2.75) is 26.8 Å². The Balaban J connectivity index is 2.23. The van der Waals surface area contributed by atoms with Crippen molar-refractivity contribution in [1.29, 1.82) is 0 Å². The molecule has 0 radical (unpaired) electrons. The van der Waals surface area contributed by atoms with E-state index in [1.165, 1.54) is 15.3 Å². The summed E-state index contributed by atoms with van der Waals surface area (Å²) in [6.45, 7) is 6.47. The summed E-state index contributed by atoms with van der Waals surface area (Å²) in [6.07, 6.45) is 0. The Morgan fingerprint density at radius 2 is 1.85 bits per heavy atom. The highest BCUT2D eigenvalue weighted by Gasteiger charge is 2.13. The predicted octanol–water partition coefficient (Wildman–Crippen LogP) is 4.56. The molecule has 0 aliphatic heterocycles.